The van der Waals surface area contributed by atoms with E-state index in [4.69, 9.17) is 14.2 Å². The SMILES string of the molecule is COc1cc(NC(=O)CN2CCN(S(=O)(=O)/C=C/c3ccccc3)CC2)cc(OC)c1OC. The summed E-state index contributed by atoms with van der Waals surface area (Å²) in [7, 11) is 1.00. The third-order valence-electron chi connectivity index (χ3n) is 5.24. The summed E-state index contributed by atoms with van der Waals surface area (Å²) in [4.78, 5) is 14.5. The summed E-state index contributed by atoms with van der Waals surface area (Å²) in [6, 6.07) is 12.6. The zero-order valence-electron chi connectivity index (χ0n) is 19.0. The van der Waals surface area contributed by atoms with E-state index in [2.05, 4.69) is 5.32 Å². The van der Waals surface area contributed by atoms with Crippen LogP contribution in [-0.2, 0) is 14.8 Å². The van der Waals surface area contributed by atoms with Gasteiger partial charge in [0.2, 0.25) is 21.7 Å². The largest absolute Gasteiger partial charge is 0.493 e. The van der Waals surface area contributed by atoms with Crippen LogP contribution in [0.25, 0.3) is 6.08 Å². The van der Waals surface area contributed by atoms with Crippen molar-refractivity contribution in [3.63, 3.8) is 0 Å². The Balaban J connectivity index is 1.55. The van der Waals surface area contributed by atoms with Gasteiger partial charge in [-0.25, -0.2) is 8.42 Å². The lowest BCUT2D eigenvalue weighted by molar-refractivity contribution is -0.117. The van der Waals surface area contributed by atoms with E-state index in [1.165, 1.54) is 31.0 Å². The van der Waals surface area contributed by atoms with Gasteiger partial charge in [-0.15, -0.1) is 0 Å². The van der Waals surface area contributed by atoms with Crippen LogP contribution in [0.2, 0.25) is 0 Å². The van der Waals surface area contributed by atoms with Gasteiger partial charge in [0.25, 0.3) is 0 Å². The number of carbonyl (C=O) groups excluding carboxylic acids is 1. The van der Waals surface area contributed by atoms with Gasteiger partial charge >= 0.3 is 0 Å². The van der Waals surface area contributed by atoms with E-state index in [0.717, 1.165) is 5.56 Å². The lowest BCUT2D eigenvalue weighted by Crippen LogP contribution is -2.49. The van der Waals surface area contributed by atoms with E-state index in [9.17, 15) is 13.2 Å². The first-order valence-electron chi connectivity index (χ1n) is 10.4. The molecule has 0 aromatic heterocycles. The maximum atomic E-state index is 12.6. The van der Waals surface area contributed by atoms with Gasteiger partial charge in [-0.05, 0) is 11.6 Å². The van der Waals surface area contributed by atoms with Crippen LogP contribution >= 0.6 is 0 Å². The molecule has 0 unspecified atom stereocenters. The van der Waals surface area contributed by atoms with Crippen molar-refractivity contribution < 1.29 is 27.4 Å². The average Bonchev–Trinajstić information content (AvgIpc) is 2.83. The van der Waals surface area contributed by atoms with Crippen molar-refractivity contribution in [2.45, 2.75) is 0 Å². The molecule has 10 heteroatoms. The first-order valence-corrected chi connectivity index (χ1v) is 11.9. The van der Waals surface area contributed by atoms with Gasteiger partial charge in [0.05, 0.1) is 27.9 Å². The molecule has 0 aliphatic carbocycles. The second-order valence-electron chi connectivity index (χ2n) is 7.40. The van der Waals surface area contributed by atoms with Gasteiger partial charge in [0.1, 0.15) is 0 Å². The van der Waals surface area contributed by atoms with Crippen LogP contribution in [0.3, 0.4) is 0 Å². The Morgan fingerprint density at radius 2 is 1.58 bits per heavy atom. The number of methoxy groups -OCH3 is 3. The first-order chi connectivity index (χ1) is 15.9. The first kappa shape index (κ1) is 24.6. The molecule has 0 saturated carbocycles. The molecule has 0 bridgehead atoms. The number of piperazine rings is 1. The molecule has 1 N–H and O–H groups in total. The van der Waals surface area contributed by atoms with Gasteiger partial charge in [-0.3, -0.25) is 9.69 Å². The van der Waals surface area contributed by atoms with Crippen molar-refractivity contribution in [1.82, 2.24) is 9.21 Å². The molecule has 0 atom stereocenters. The molecule has 0 radical (unpaired) electrons. The molecule has 3 rings (SSSR count). The van der Waals surface area contributed by atoms with Crippen molar-refractivity contribution in [3.8, 4) is 17.2 Å². The summed E-state index contributed by atoms with van der Waals surface area (Å²) >= 11 is 0. The fourth-order valence-corrected chi connectivity index (χ4v) is 4.69. The third kappa shape index (κ3) is 6.47. The van der Waals surface area contributed by atoms with Crippen LogP contribution in [0.5, 0.6) is 17.2 Å². The summed E-state index contributed by atoms with van der Waals surface area (Å²) < 4.78 is 42.6. The molecular weight excluding hydrogens is 446 g/mol. The van der Waals surface area contributed by atoms with E-state index < -0.39 is 10.0 Å². The van der Waals surface area contributed by atoms with Crippen molar-refractivity contribution in [3.05, 3.63) is 53.4 Å². The number of nitrogens with one attached hydrogen (secondary N) is 1. The maximum Gasteiger partial charge on any atom is 0.238 e. The number of hydrogen-bond acceptors (Lipinski definition) is 7. The van der Waals surface area contributed by atoms with Crippen molar-refractivity contribution in [2.24, 2.45) is 0 Å². The lowest BCUT2D eigenvalue weighted by Gasteiger charge is -2.32. The topological polar surface area (TPSA) is 97.4 Å². The number of sulfonamides is 1. The molecule has 0 spiro atoms. The van der Waals surface area contributed by atoms with E-state index >= 15 is 0 Å². The number of amides is 1. The van der Waals surface area contributed by atoms with Gasteiger partial charge in [-0.2, -0.15) is 4.31 Å². The smallest absolute Gasteiger partial charge is 0.238 e. The minimum absolute atomic E-state index is 0.143. The molecule has 33 heavy (non-hydrogen) atoms. The summed E-state index contributed by atoms with van der Waals surface area (Å²) in [6.07, 6.45) is 1.59. The van der Waals surface area contributed by atoms with Gasteiger partial charge < -0.3 is 19.5 Å². The highest BCUT2D eigenvalue weighted by Gasteiger charge is 2.26. The zero-order chi connectivity index (χ0) is 23.8. The minimum atomic E-state index is -3.52. The number of nitrogens with zero attached hydrogens (tertiary/aromatic N) is 2. The van der Waals surface area contributed by atoms with E-state index in [1.54, 1.807) is 18.2 Å². The molecule has 2 aromatic carbocycles. The molecule has 9 nitrogen and oxygen atoms in total. The second-order valence-corrected chi connectivity index (χ2v) is 9.21. The van der Waals surface area contributed by atoms with E-state index in [1.807, 2.05) is 35.2 Å². The van der Waals surface area contributed by atoms with Crippen LogP contribution in [0.1, 0.15) is 5.56 Å². The Bertz CT molecular complexity index is 1060. The van der Waals surface area contributed by atoms with E-state index in [-0.39, 0.29) is 12.5 Å². The molecule has 1 amide bonds. The number of carbonyl (C=O) groups is 1. The molecule has 178 valence electrons. The highest BCUT2D eigenvalue weighted by atomic mass is 32.2. The van der Waals surface area contributed by atoms with Crippen molar-refractivity contribution in [1.29, 1.82) is 0 Å². The Morgan fingerprint density at radius 1 is 0.970 bits per heavy atom. The predicted octanol–water partition coefficient (Wildman–Crippen LogP) is 2.27. The third-order valence-corrected chi connectivity index (χ3v) is 6.80. The summed E-state index contributed by atoms with van der Waals surface area (Å²) in [5, 5.41) is 4.06. The number of hydrogen-bond donors (Lipinski definition) is 1. The number of rotatable bonds is 9. The number of ether oxygens (including phenoxy) is 3. The minimum Gasteiger partial charge on any atom is -0.493 e. The van der Waals surface area contributed by atoms with Crippen LogP contribution in [0.15, 0.2) is 47.9 Å². The van der Waals surface area contributed by atoms with Crippen LogP contribution in [0.4, 0.5) is 5.69 Å². The fraction of sp³-hybridized carbons (Fsp3) is 0.348. The van der Waals surface area contributed by atoms with Gasteiger partial charge in [-0.1, -0.05) is 30.3 Å². The quantitative estimate of drug-likeness (QED) is 0.594. The molecule has 2 aromatic rings. The van der Waals surface area contributed by atoms with Gasteiger partial charge in [0, 0.05) is 49.4 Å². The van der Waals surface area contributed by atoms with Crippen molar-refractivity contribution in [2.75, 3.05) is 59.4 Å². The van der Waals surface area contributed by atoms with Gasteiger partial charge in [0.15, 0.2) is 11.5 Å². The maximum absolute atomic E-state index is 12.6. The fourth-order valence-electron chi connectivity index (χ4n) is 3.51. The second kappa shape index (κ2) is 11.2. The van der Waals surface area contributed by atoms with Crippen LogP contribution < -0.4 is 19.5 Å². The van der Waals surface area contributed by atoms with Crippen molar-refractivity contribution >= 4 is 27.7 Å². The normalized spacial score (nSPS) is 15.4. The summed E-state index contributed by atoms with van der Waals surface area (Å²) in [6.45, 7) is 1.70. The standard InChI is InChI=1S/C23H29N3O6S/c1-30-20-15-19(16-21(31-2)23(20)32-3)24-22(27)17-25-10-12-26(13-11-25)33(28,29)14-9-18-7-5-4-6-8-18/h4-9,14-16H,10-13,17H2,1-3H3,(H,24,27)/b14-9+. The highest BCUT2D eigenvalue weighted by Crippen LogP contribution is 2.39. The molecule has 1 fully saturated rings. The molecule has 1 heterocycles. The summed E-state index contributed by atoms with van der Waals surface area (Å²) in [5.41, 5.74) is 1.34. The van der Waals surface area contributed by atoms with Crippen LogP contribution in [0, 0.1) is 0 Å². The zero-order valence-corrected chi connectivity index (χ0v) is 19.8. The Kier molecular flexibility index (Phi) is 8.32. The highest BCUT2D eigenvalue weighted by molar-refractivity contribution is 7.92. The molecule has 1 aliphatic rings. The predicted molar refractivity (Wildman–Crippen MR) is 127 cm³/mol. The van der Waals surface area contributed by atoms with E-state index in [0.29, 0.717) is 49.1 Å². The lowest BCUT2D eigenvalue weighted by atomic mass is 10.2. The van der Waals surface area contributed by atoms with Crippen LogP contribution in [-0.4, -0.2) is 77.6 Å². The molecule has 1 aliphatic heterocycles. The number of benzene rings is 2. The monoisotopic (exact) mass is 475 g/mol. The Hall–Kier alpha value is -3.08. The Morgan fingerprint density at radius 3 is 2.12 bits per heavy atom. The molecule has 1 saturated heterocycles. The molecular formula is C23H29N3O6S. The number of anilines is 1. The average molecular weight is 476 g/mol. The summed E-state index contributed by atoms with van der Waals surface area (Å²) in [5.74, 6) is 1.10. The Labute approximate surface area is 194 Å².